The van der Waals surface area contributed by atoms with Gasteiger partial charge in [0.15, 0.2) is 0 Å². The van der Waals surface area contributed by atoms with Crippen LogP contribution in [0.1, 0.15) is 32.6 Å². The summed E-state index contributed by atoms with van der Waals surface area (Å²) in [4.78, 5) is 5.24. The summed E-state index contributed by atoms with van der Waals surface area (Å²) >= 11 is 0. The van der Waals surface area contributed by atoms with Crippen molar-refractivity contribution in [2.24, 2.45) is 5.92 Å². The van der Waals surface area contributed by atoms with Gasteiger partial charge < -0.3 is 10.2 Å². The minimum Gasteiger partial charge on any atom is -0.310 e. The van der Waals surface area contributed by atoms with Crippen molar-refractivity contribution >= 4 is 0 Å². The molecule has 2 aliphatic heterocycles. The van der Waals surface area contributed by atoms with Crippen molar-refractivity contribution in [3.8, 4) is 0 Å². The van der Waals surface area contributed by atoms with Crippen LogP contribution in [0.15, 0.2) is 0 Å². The zero-order valence-electron chi connectivity index (χ0n) is 11.4. The average molecular weight is 237 g/mol. The van der Waals surface area contributed by atoms with Crippen LogP contribution < -0.4 is 5.32 Å². The normalized spacial score (nSPS) is 40.9. The van der Waals surface area contributed by atoms with E-state index in [4.69, 9.17) is 0 Å². The van der Waals surface area contributed by atoms with Crippen molar-refractivity contribution in [1.82, 2.24) is 15.1 Å². The van der Waals surface area contributed by atoms with Crippen LogP contribution in [0.2, 0.25) is 0 Å². The summed E-state index contributed by atoms with van der Waals surface area (Å²) in [5.74, 6) is 0.841. The first-order chi connectivity index (χ1) is 8.22. The maximum absolute atomic E-state index is 3.79. The zero-order valence-corrected chi connectivity index (χ0v) is 11.4. The molecular weight excluding hydrogens is 210 g/mol. The van der Waals surface area contributed by atoms with E-state index in [1.165, 1.54) is 51.9 Å². The maximum Gasteiger partial charge on any atom is 0.0209 e. The van der Waals surface area contributed by atoms with Crippen LogP contribution in [0.25, 0.3) is 0 Å². The SMILES string of the molecule is CC1CN(C)CCC1N1CCC(NC2CC2)C1. The molecule has 0 aromatic rings. The van der Waals surface area contributed by atoms with Gasteiger partial charge in [-0.25, -0.2) is 0 Å². The van der Waals surface area contributed by atoms with Crippen molar-refractivity contribution in [3.63, 3.8) is 0 Å². The lowest BCUT2D eigenvalue weighted by Crippen LogP contribution is -2.49. The highest BCUT2D eigenvalue weighted by atomic mass is 15.2. The monoisotopic (exact) mass is 237 g/mol. The van der Waals surface area contributed by atoms with Crippen molar-refractivity contribution in [3.05, 3.63) is 0 Å². The standard InChI is InChI=1S/C14H27N3/c1-11-9-16(2)7-6-14(11)17-8-5-13(10-17)15-12-3-4-12/h11-15H,3-10H2,1-2H3. The molecular formula is C14H27N3. The van der Waals surface area contributed by atoms with Gasteiger partial charge in [0.05, 0.1) is 0 Å². The van der Waals surface area contributed by atoms with Crippen LogP contribution in [0.4, 0.5) is 0 Å². The van der Waals surface area contributed by atoms with Crippen molar-refractivity contribution in [2.45, 2.75) is 50.7 Å². The molecule has 3 atom stereocenters. The van der Waals surface area contributed by atoms with Crippen molar-refractivity contribution in [1.29, 1.82) is 0 Å². The molecule has 0 aromatic carbocycles. The molecule has 0 aromatic heterocycles. The van der Waals surface area contributed by atoms with E-state index >= 15 is 0 Å². The van der Waals surface area contributed by atoms with E-state index in [0.29, 0.717) is 0 Å². The molecule has 0 spiro atoms. The molecule has 98 valence electrons. The predicted octanol–water partition coefficient (Wildman–Crippen LogP) is 1.15. The van der Waals surface area contributed by atoms with E-state index in [-0.39, 0.29) is 0 Å². The summed E-state index contributed by atoms with van der Waals surface area (Å²) in [6, 6.07) is 2.50. The number of likely N-dealkylation sites (tertiary alicyclic amines) is 2. The Bertz CT molecular complexity index is 264. The molecule has 3 rings (SSSR count). The van der Waals surface area contributed by atoms with Gasteiger partial charge in [-0.1, -0.05) is 6.92 Å². The summed E-state index contributed by atoms with van der Waals surface area (Å²) in [6.45, 7) is 7.62. The molecule has 1 saturated carbocycles. The van der Waals surface area contributed by atoms with E-state index in [1.54, 1.807) is 0 Å². The highest BCUT2D eigenvalue weighted by molar-refractivity contribution is 4.93. The molecule has 3 unspecified atom stereocenters. The second-order valence-electron chi connectivity index (χ2n) is 6.52. The number of rotatable bonds is 3. The highest BCUT2D eigenvalue weighted by Gasteiger charge is 2.35. The fraction of sp³-hybridized carbons (Fsp3) is 1.00. The van der Waals surface area contributed by atoms with Crippen LogP contribution in [-0.2, 0) is 0 Å². The minimum atomic E-state index is 0.786. The molecule has 17 heavy (non-hydrogen) atoms. The Balaban J connectivity index is 1.51. The third kappa shape index (κ3) is 2.83. The Labute approximate surface area is 106 Å². The Hall–Kier alpha value is -0.120. The molecule has 1 N–H and O–H groups in total. The molecule has 3 aliphatic rings. The smallest absolute Gasteiger partial charge is 0.0209 e. The van der Waals surface area contributed by atoms with Gasteiger partial charge in [-0.15, -0.1) is 0 Å². The Morgan fingerprint density at radius 2 is 1.76 bits per heavy atom. The van der Waals surface area contributed by atoms with Gasteiger partial charge in [-0.3, -0.25) is 4.90 Å². The Kier molecular flexibility index (Phi) is 3.42. The largest absolute Gasteiger partial charge is 0.310 e. The third-order valence-corrected chi connectivity index (χ3v) is 4.80. The lowest BCUT2D eigenvalue weighted by Gasteiger charge is -2.40. The Morgan fingerprint density at radius 3 is 2.47 bits per heavy atom. The first-order valence-electron chi connectivity index (χ1n) is 7.41. The van der Waals surface area contributed by atoms with E-state index in [0.717, 1.165) is 24.0 Å². The molecule has 0 bridgehead atoms. The van der Waals surface area contributed by atoms with E-state index < -0.39 is 0 Å². The number of nitrogens with one attached hydrogen (secondary N) is 1. The van der Waals surface area contributed by atoms with Crippen LogP contribution in [0.5, 0.6) is 0 Å². The zero-order chi connectivity index (χ0) is 11.8. The van der Waals surface area contributed by atoms with Gasteiger partial charge in [0, 0.05) is 37.8 Å². The van der Waals surface area contributed by atoms with E-state index in [2.05, 4.69) is 29.1 Å². The van der Waals surface area contributed by atoms with Crippen LogP contribution in [0.3, 0.4) is 0 Å². The lowest BCUT2D eigenvalue weighted by atomic mass is 9.93. The summed E-state index contributed by atoms with van der Waals surface area (Å²) in [7, 11) is 2.26. The predicted molar refractivity (Wildman–Crippen MR) is 71.2 cm³/mol. The highest BCUT2D eigenvalue weighted by Crippen LogP contribution is 2.27. The molecule has 0 amide bonds. The van der Waals surface area contributed by atoms with Gasteiger partial charge in [0.2, 0.25) is 0 Å². The van der Waals surface area contributed by atoms with Gasteiger partial charge in [-0.2, -0.15) is 0 Å². The van der Waals surface area contributed by atoms with Gasteiger partial charge >= 0.3 is 0 Å². The fourth-order valence-electron chi connectivity index (χ4n) is 3.69. The van der Waals surface area contributed by atoms with Crippen molar-refractivity contribution in [2.75, 3.05) is 33.2 Å². The molecule has 3 heteroatoms. The summed E-state index contributed by atoms with van der Waals surface area (Å²) in [5, 5.41) is 3.79. The number of nitrogens with zero attached hydrogens (tertiary/aromatic N) is 2. The lowest BCUT2D eigenvalue weighted by molar-refractivity contribution is 0.0911. The third-order valence-electron chi connectivity index (χ3n) is 4.80. The topological polar surface area (TPSA) is 18.5 Å². The minimum absolute atomic E-state index is 0.786. The Morgan fingerprint density at radius 1 is 0.941 bits per heavy atom. The summed E-state index contributed by atoms with van der Waals surface area (Å²) in [5.41, 5.74) is 0. The van der Waals surface area contributed by atoms with Crippen molar-refractivity contribution < 1.29 is 0 Å². The molecule has 2 heterocycles. The molecule has 2 saturated heterocycles. The number of hydrogen-bond donors (Lipinski definition) is 1. The van der Waals surface area contributed by atoms with E-state index in [1.807, 2.05) is 0 Å². The van der Waals surface area contributed by atoms with E-state index in [9.17, 15) is 0 Å². The number of piperidine rings is 1. The maximum atomic E-state index is 3.79. The molecule has 0 radical (unpaired) electrons. The van der Waals surface area contributed by atoms with Crippen LogP contribution in [0, 0.1) is 5.92 Å². The molecule has 3 nitrogen and oxygen atoms in total. The summed E-state index contributed by atoms with van der Waals surface area (Å²) in [6.07, 6.45) is 5.58. The van der Waals surface area contributed by atoms with Crippen LogP contribution >= 0.6 is 0 Å². The second-order valence-corrected chi connectivity index (χ2v) is 6.52. The first kappa shape index (κ1) is 11.9. The van der Waals surface area contributed by atoms with Gasteiger partial charge in [0.1, 0.15) is 0 Å². The van der Waals surface area contributed by atoms with Gasteiger partial charge in [0.25, 0.3) is 0 Å². The average Bonchev–Trinajstić information content (AvgIpc) is 2.96. The van der Waals surface area contributed by atoms with Crippen LogP contribution in [-0.4, -0.2) is 61.2 Å². The molecule has 1 aliphatic carbocycles. The quantitative estimate of drug-likeness (QED) is 0.794. The first-order valence-corrected chi connectivity index (χ1v) is 7.41. The second kappa shape index (κ2) is 4.87. The molecule has 3 fully saturated rings. The number of hydrogen-bond acceptors (Lipinski definition) is 3. The fourth-order valence-corrected chi connectivity index (χ4v) is 3.69. The summed E-state index contributed by atoms with van der Waals surface area (Å²) < 4.78 is 0. The van der Waals surface area contributed by atoms with Gasteiger partial charge in [-0.05, 0) is 45.2 Å².